The van der Waals surface area contributed by atoms with Gasteiger partial charge in [-0.25, -0.2) is 4.39 Å². The van der Waals surface area contributed by atoms with Crippen LogP contribution in [0, 0.1) is 12.7 Å². The molecular weight excluding hydrogens is 417 g/mol. The van der Waals surface area contributed by atoms with Crippen LogP contribution in [-0.2, 0) is 11.4 Å². The number of carbonyl (C=O) groups is 1. The lowest BCUT2D eigenvalue weighted by Gasteiger charge is -2.16. The van der Waals surface area contributed by atoms with E-state index in [1.54, 1.807) is 23.1 Å². The highest BCUT2D eigenvalue weighted by Crippen LogP contribution is 2.38. The first-order chi connectivity index (χ1) is 14.5. The van der Waals surface area contributed by atoms with Crippen molar-refractivity contribution in [1.29, 1.82) is 0 Å². The molecule has 1 fully saturated rings. The summed E-state index contributed by atoms with van der Waals surface area (Å²) in [6, 6.07) is 21.3. The van der Waals surface area contributed by atoms with Crippen LogP contribution in [0.5, 0.6) is 5.75 Å². The van der Waals surface area contributed by atoms with E-state index in [1.807, 2.05) is 55.5 Å². The smallest absolute Gasteiger partial charge is 0.270 e. The maximum Gasteiger partial charge on any atom is 0.270 e. The Kier molecular flexibility index (Phi) is 5.97. The highest BCUT2D eigenvalue weighted by molar-refractivity contribution is 8.27. The van der Waals surface area contributed by atoms with Gasteiger partial charge >= 0.3 is 0 Å². The minimum atomic E-state index is -0.283. The van der Waals surface area contributed by atoms with Crippen molar-refractivity contribution in [2.45, 2.75) is 13.5 Å². The molecule has 4 rings (SSSR count). The molecule has 0 radical (unpaired) electrons. The second-order valence-electron chi connectivity index (χ2n) is 6.76. The molecule has 0 spiro atoms. The number of rotatable bonds is 5. The van der Waals surface area contributed by atoms with Gasteiger partial charge < -0.3 is 4.74 Å². The third-order valence-electron chi connectivity index (χ3n) is 4.66. The number of benzene rings is 3. The second kappa shape index (κ2) is 8.81. The van der Waals surface area contributed by atoms with Crippen molar-refractivity contribution in [1.82, 2.24) is 0 Å². The highest BCUT2D eigenvalue weighted by Gasteiger charge is 2.34. The van der Waals surface area contributed by atoms with Crippen LogP contribution in [0.1, 0.15) is 16.7 Å². The Hall–Kier alpha value is -2.96. The van der Waals surface area contributed by atoms with E-state index in [0.29, 0.717) is 21.6 Å². The number of ether oxygens (including phenoxy) is 1. The van der Waals surface area contributed by atoms with Crippen LogP contribution < -0.4 is 9.64 Å². The molecule has 0 unspecified atom stereocenters. The molecular formula is C24H18FNO2S2. The number of amides is 1. The summed E-state index contributed by atoms with van der Waals surface area (Å²) in [4.78, 5) is 15.2. The zero-order chi connectivity index (χ0) is 21.1. The van der Waals surface area contributed by atoms with Gasteiger partial charge in [0, 0.05) is 5.56 Å². The maximum atomic E-state index is 13.1. The highest BCUT2D eigenvalue weighted by atomic mass is 32.2. The van der Waals surface area contributed by atoms with Gasteiger partial charge in [-0.1, -0.05) is 72.5 Å². The first-order valence-corrected chi connectivity index (χ1v) is 10.6. The van der Waals surface area contributed by atoms with Gasteiger partial charge in [-0.05, 0) is 48.4 Å². The van der Waals surface area contributed by atoms with Gasteiger partial charge in [-0.3, -0.25) is 9.69 Å². The summed E-state index contributed by atoms with van der Waals surface area (Å²) in [6.45, 7) is 2.26. The molecule has 1 amide bonds. The summed E-state index contributed by atoms with van der Waals surface area (Å²) in [6.07, 6.45) is 1.80. The van der Waals surface area contributed by atoms with Crippen molar-refractivity contribution >= 4 is 46.0 Å². The SMILES string of the molecule is Cc1ccccc1N1C(=O)/C(=C\c2ccccc2OCc2ccc(F)cc2)SC1=S. The number of thiocarbonyl (C=S) groups is 1. The van der Waals surface area contributed by atoms with Crippen LogP contribution in [0.25, 0.3) is 6.08 Å². The fraction of sp³-hybridized carbons (Fsp3) is 0.0833. The Balaban J connectivity index is 1.58. The van der Waals surface area contributed by atoms with Gasteiger partial charge in [-0.15, -0.1) is 0 Å². The molecule has 1 heterocycles. The summed E-state index contributed by atoms with van der Waals surface area (Å²) in [5, 5.41) is 0. The lowest BCUT2D eigenvalue weighted by molar-refractivity contribution is -0.113. The zero-order valence-electron chi connectivity index (χ0n) is 16.2. The number of thioether (sulfide) groups is 1. The van der Waals surface area contributed by atoms with Crippen LogP contribution in [0.4, 0.5) is 10.1 Å². The first-order valence-electron chi connectivity index (χ1n) is 9.33. The van der Waals surface area contributed by atoms with Gasteiger partial charge in [0.2, 0.25) is 0 Å². The largest absolute Gasteiger partial charge is 0.488 e. The van der Waals surface area contributed by atoms with E-state index in [-0.39, 0.29) is 11.7 Å². The van der Waals surface area contributed by atoms with Crippen LogP contribution >= 0.6 is 24.0 Å². The van der Waals surface area contributed by atoms with Crippen LogP contribution in [-0.4, -0.2) is 10.2 Å². The van der Waals surface area contributed by atoms with E-state index >= 15 is 0 Å². The lowest BCUT2D eigenvalue weighted by Crippen LogP contribution is -2.28. The molecule has 1 saturated heterocycles. The first kappa shape index (κ1) is 20.3. The average molecular weight is 436 g/mol. The zero-order valence-corrected chi connectivity index (χ0v) is 17.8. The molecule has 1 aliphatic rings. The number of aryl methyl sites for hydroxylation is 1. The van der Waals surface area contributed by atoms with Gasteiger partial charge in [0.25, 0.3) is 5.91 Å². The minimum absolute atomic E-state index is 0.146. The topological polar surface area (TPSA) is 29.5 Å². The summed E-state index contributed by atoms with van der Waals surface area (Å²) in [5.41, 5.74) is 3.42. The lowest BCUT2D eigenvalue weighted by atomic mass is 10.1. The molecule has 3 aromatic carbocycles. The number of para-hydroxylation sites is 2. The molecule has 1 aliphatic heterocycles. The molecule has 0 aromatic heterocycles. The maximum absolute atomic E-state index is 13.1. The van der Waals surface area contributed by atoms with E-state index in [9.17, 15) is 9.18 Å². The predicted molar refractivity (Wildman–Crippen MR) is 124 cm³/mol. The summed E-state index contributed by atoms with van der Waals surface area (Å²) in [7, 11) is 0. The molecule has 150 valence electrons. The van der Waals surface area contributed by atoms with Crippen molar-refractivity contribution < 1.29 is 13.9 Å². The van der Waals surface area contributed by atoms with Crippen molar-refractivity contribution in [2.24, 2.45) is 0 Å². The average Bonchev–Trinajstić information content (AvgIpc) is 3.02. The van der Waals surface area contributed by atoms with Crippen molar-refractivity contribution in [3.8, 4) is 5.75 Å². The Morgan fingerprint density at radius 2 is 1.73 bits per heavy atom. The number of hydrogen-bond donors (Lipinski definition) is 0. The Morgan fingerprint density at radius 3 is 2.50 bits per heavy atom. The van der Waals surface area contributed by atoms with Gasteiger partial charge in [0.15, 0.2) is 4.32 Å². The molecule has 30 heavy (non-hydrogen) atoms. The van der Waals surface area contributed by atoms with Crippen molar-refractivity contribution in [2.75, 3.05) is 4.90 Å². The van der Waals surface area contributed by atoms with Crippen LogP contribution in [0.3, 0.4) is 0 Å². The fourth-order valence-corrected chi connectivity index (χ4v) is 4.38. The van der Waals surface area contributed by atoms with E-state index in [0.717, 1.165) is 22.4 Å². The van der Waals surface area contributed by atoms with E-state index in [4.69, 9.17) is 17.0 Å². The predicted octanol–water partition coefficient (Wildman–Crippen LogP) is 6.12. The molecule has 3 aromatic rings. The minimum Gasteiger partial charge on any atom is -0.488 e. The molecule has 6 heteroatoms. The molecule has 3 nitrogen and oxygen atoms in total. The molecule has 0 bridgehead atoms. The van der Waals surface area contributed by atoms with Crippen LogP contribution in [0.2, 0.25) is 0 Å². The van der Waals surface area contributed by atoms with Crippen LogP contribution in [0.15, 0.2) is 77.7 Å². The number of anilines is 1. The molecule has 0 N–H and O–H groups in total. The second-order valence-corrected chi connectivity index (χ2v) is 8.43. The molecule has 0 atom stereocenters. The quantitative estimate of drug-likeness (QED) is 0.357. The number of carbonyl (C=O) groups excluding carboxylic acids is 1. The monoisotopic (exact) mass is 435 g/mol. The summed E-state index contributed by atoms with van der Waals surface area (Å²) >= 11 is 6.75. The third-order valence-corrected chi connectivity index (χ3v) is 5.97. The van der Waals surface area contributed by atoms with Crippen molar-refractivity contribution in [3.05, 3.63) is 100 Å². The Bertz CT molecular complexity index is 1140. The summed E-state index contributed by atoms with van der Waals surface area (Å²) < 4.78 is 19.5. The Labute approximate surface area is 184 Å². The number of halogens is 1. The van der Waals surface area contributed by atoms with Gasteiger partial charge in [-0.2, -0.15) is 0 Å². The normalized spacial score (nSPS) is 15.1. The van der Waals surface area contributed by atoms with E-state index in [2.05, 4.69) is 0 Å². The standard InChI is InChI=1S/C24H18FNO2S2/c1-16-6-2-4-8-20(16)26-23(27)22(30-24(26)29)14-18-7-3-5-9-21(18)28-15-17-10-12-19(25)13-11-17/h2-14H,15H2,1H3/b22-14+. The van der Waals surface area contributed by atoms with E-state index < -0.39 is 0 Å². The van der Waals surface area contributed by atoms with Crippen molar-refractivity contribution in [3.63, 3.8) is 0 Å². The third kappa shape index (κ3) is 4.30. The number of hydrogen-bond acceptors (Lipinski definition) is 4. The Morgan fingerprint density at radius 1 is 1.03 bits per heavy atom. The van der Waals surface area contributed by atoms with E-state index in [1.165, 1.54) is 23.9 Å². The number of nitrogens with zero attached hydrogens (tertiary/aromatic N) is 1. The molecule has 0 aliphatic carbocycles. The van der Waals surface area contributed by atoms with Gasteiger partial charge in [0.1, 0.15) is 18.2 Å². The fourth-order valence-electron chi connectivity index (χ4n) is 3.10. The molecule has 0 saturated carbocycles. The van der Waals surface area contributed by atoms with Gasteiger partial charge in [0.05, 0.1) is 10.6 Å². The summed E-state index contributed by atoms with van der Waals surface area (Å²) in [5.74, 6) is 0.213.